The number of hydrogen-bond donors (Lipinski definition) is 1. The van der Waals surface area contributed by atoms with Gasteiger partial charge >= 0.3 is 0 Å². The molecule has 1 N–H and O–H groups in total. The summed E-state index contributed by atoms with van der Waals surface area (Å²) in [5, 5.41) is 3.19. The Balaban J connectivity index is 0.00000133. The molecule has 110 valence electrons. The lowest BCUT2D eigenvalue weighted by Crippen LogP contribution is -2.54. The average Bonchev–Trinajstić information content (AvgIpc) is 2.26. The minimum absolute atomic E-state index is 0. The first-order valence-corrected chi connectivity index (χ1v) is 7.50. The number of hydrogen-bond acceptors (Lipinski definition) is 2. The van der Waals surface area contributed by atoms with Crippen molar-refractivity contribution in [3.05, 3.63) is 0 Å². The Morgan fingerprint density at radius 3 is 2.00 bits per heavy atom. The van der Waals surface area contributed by atoms with Crippen molar-refractivity contribution in [1.82, 2.24) is 10.2 Å². The molecule has 4 heteroatoms. The maximum absolute atomic E-state index is 12.5. The SMILES string of the molecule is CN(C)CCNC(=O)C12CC3CC(CC(C3)C1)C2.Cl. The lowest BCUT2D eigenvalue weighted by Gasteiger charge is -2.55. The summed E-state index contributed by atoms with van der Waals surface area (Å²) in [5.41, 5.74) is 0.0288. The van der Waals surface area contributed by atoms with E-state index in [0.717, 1.165) is 30.8 Å². The van der Waals surface area contributed by atoms with Crippen LogP contribution in [0.25, 0.3) is 0 Å². The Morgan fingerprint density at radius 2 is 1.58 bits per heavy atom. The Bertz CT molecular complexity index is 308. The van der Waals surface area contributed by atoms with Crippen LogP contribution in [-0.4, -0.2) is 38.0 Å². The van der Waals surface area contributed by atoms with Gasteiger partial charge in [-0.2, -0.15) is 0 Å². The summed E-state index contributed by atoms with van der Waals surface area (Å²) in [6, 6.07) is 0. The van der Waals surface area contributed by atoms with Crippen molar-refractivity contribution >= 4 is 18.3 Å². The molecular formula is C15H27ClN2O. The summed E-state index contributed by atoms with van der Waals surface area (Å²) < 4.78 is 0. The third-order valence-corrected chi connectivity index (χ3v) is 5.36. The summed E-state index contributed by atoms with van der Waals surface area (Å²) in [5.74, 6) is 2.94. The lowest BCUT2D eigenvalue weighted by atomic mass is 9.49. The van der Waals surface area contributed by atoms with Gasteiger partial charge in [-0.05, 0) is 70.4 Å². The van der Waals surface area contributed by atoms with Gasteiger partial charge in [0.25, 0.3) is 0 Å². The molecule has 0 heterocycles. The van der Waals surface area contributed by atoms with Gasteiger partial charge in [0.05, 0.1) is 0 Å². The molecule has 0 aromatic heterocycles. The molecule has 4 bridgehead atoms. The van der Waals surface area contributed by atoms with Gasteiger partial charge in [-0.15, -0.1) is 12.4 Å². The fraction of sp³-hybridized carbons (Fsp3) is 0.933. The number of rotatable bonds is 4. The van der Waals surface area contributed by atoms with Crippen molar-refractivity contribution in [2.24, 2.45) is 23.2 Å². The van der Waals surface area contributed by atoms with Gasteiger partial charge < -0.3 is 10.2 Å². The number of likely N-dealkylation sites (N-methyl/N-ethyl adjacent to an activating group) is 1. The number of nitrogens with one attached hydrogen (secondary N) is 1. The maximum atomic E-state index is 12.5. The van der Waals surface area contributed by atoms with Gasteiger partial charge in [0.1, 0.15) is 0 Å². The smallest absolute Gasteiger partial charge is 0.226 e. The van der Waals surface area contributed by atoms with Crippen LogP contribution in [-0.2, 0) is 4.79 Å². The van der Waals surface area contributed by atoms with Crippen molar-refractivity contribution in [2.45, 2.75) is 38.5 Å². The lowest BCUT2D eigenvalue weighted by molar-refractivity contribution is -0.146. The topological polar surface area (TPSA) is 32.3 Å². The van der Waals surface area contributed by atoms with Crippen LogP contribution in [0.5, 0.6) is 0 Å². The van der Waals surface area contributed by atoms with E-state index in [4.69, 9.17) is 0 Å². The third kappa shape index (κ3) is 2.92. The van der Waals surface area contributed by atoms with Crippen LogP contribution in [0.3, 0.4) is 0 Å². The van der Waals surface area contributed by atoms with E-state index in [1.54, 1.807) is 0 Å². The molecular weight excluding hydrogens is 260 g/mol. The van der Waals surface area contributed by atoms with Crippen LogP contribution in [0.15, 0.2) is 0 Å². The van der Waals surface area contributed by atoms with Gasteiger partial charge in [-0.3, -0.25) is 4.79 Å². The summed E-state index contributed by atoms with van der Waals surface area (Å²) in [7, 11) is 4.10. The first-order chi connectivity index (χ1) is 8.57. The van der Waals surface area contributed by atoms with Crippen LogP contribution in [0.2, 0.25) is 0 Å². The van der Waals surface area contributed by atoms with Crippen molar-refractivity contribution in [3.8, 4) is 0 Å². The highest BCUT2D eigenvalue weighted by Crippen LogP contribution is 2.60. The van der Waals surface area contributed by atoms with Crippen molar-refractivity contribution < 1.29 is 4.79 Å². The van der Waals surface area contributed by atoms with Crippen LogP contribution in [0.4, 0.5) is 0 Å². The number of carbonyl (C=O) groups is 1. The molecule has 0 saturated heterocycles. The van der Waals surface area contributed by atoms with E-state index >= 15 is 0 Å². The molecule has 4 saturated carbocycles. The Morgan fingerprint density at radius 1 is 1.11 bits per heavy atom. The highest BCUT2D eigenvalue weighted by Gasteiger charge is 2.54. The van der Waals surface area contributed by atoms with Crippen LogP contribution >= 0.6 is 12.4 Å². The van der Waals surface area contributed by atoms with E-state index in [0.29, 0.717) is 5.91 Å². The monoisotopic (exact) mass is 286 g/mol. The minimum atomic E-state index is 0. The molecule has 0 aromatic rings. The zero-order valence-electron chi connectivity index (χ0n) is 12.2. The molecule has 0 unspecified atom stereocenters. The van der Waals surface area contributed by atoms with E-state index in [9.17, 15) is 4.79 Å². The van der Waals surface area contributed by atoms with Gasteiger partial charge in [0, 0.05) is 18.5 Å². The largest absolute Gasteiger partial charge is 0.354 e. The highest BCUT2D eigenvalue weighted by molar-refractivity contribution is 5.85. The van der Waals surface area contributed by atoms with Gasteiger partial charge in [-0.25, -0.2) is 0 Å². The predicted octanol–water partition coefficient (Wildman–Crippen LogP) is 2.30. The fourth-order valence-electron chi connectivity index (χ4n) is 4.97. The summed E-state index contributed by atoms with van der Waals surface area (Å²) >= 11 is 0. The molecule has 4 fully saturated rings. The van der Waals surface area contributed by atoms with E-state index in [2.05, 4.69) is 24.3 Å². The number of carbonyl (C=O) groups excluding carboxylic acids is 1. The molecule has 4 rings (SSSR count). The molecule has 19 heavy (non-hydrogen) atoms. The third-order valence-electron chi connectivity index (χ3n) is 5.36. The second kappa shape index (κ2) is 5.61. The second-order valence-electron chi connectivity index (χ2n) is 7.26. The Kier molecular flexibility index (Phi) is 4.46. The summed E-state index contributed by atoms with van der Waals surface area (Å²) in [4.78, 5) is 14.7. The number of halogens is 1. The number of amides is 1. The van der Waals surface area contributed by atoms with Crippen LogP contribution in [0.1, 0.15) is 38.5 Å². The molecule has 4 aliphatic carbocycles. The molecule has 1 amide bonds. The predicted molar refractivity (Wildman–Crippen MR) is 79.4 cm³/mol. The zero-order valence-corrected chi connectivity index (χ0v) is 13.0. The molecule has 0 radical (unpaired) electrons. The number of nitrogens with zero attached hydrogens (tertiary/aromatic N) is 1. The van der Waals surface area contributed by atoms with Crippen molar-refractivity contribution in [3.63, 3.8) is 0 Å². The van der Waals surface area contributed by atoms with E-state index in [-0.39, 0.29) is 17.8 Å². The molecule has 4 aliphatic rings. The normalized spacial score (nSPS) is 39.2. The fourth-order valence-corrected chi connectivity index (χ4v) is 4.97. The van der Waals surface area contributed by atoms with Gasteiger partial charge in [-0.1, -0.05) is 0 Å². The standard InChI is InChI=1S/C15H26N2O.ClH/c1-17(2)4-3-16-14(18)15-8-11-5-12(9-15)7-13(6-11)10-15;/h11-13H,3-10H2,1-2H3,(H,16,18);1H. The molecule has 0 atom stereocenters. The Labute approximate surface area is 122 Å². The van der Waals surface area contributed by atoms with Crippen LogP contribution < -0.4 is 5.32 Å². The van der Waals surface area contributed by atoms with Crippen LogP contribution in [0, 0.1) is 23.2 Å². The highest BCUT2D eigenvalue weighted by atomic mass is 35.5. The zero-order chi connectivity index (χ0) is 12.8. The quantitative estimate of drug-likeness (QED) is 0.860. The maximum Gasteiger partial charge on any atom is 0.226 e. The second-order valence-corrected chi connectivity index (χ2v) is 7.26. The first kappa shape index (κ1) is 15.1. The molecule has 3 nitrogen and oxygen atoms in total. The average molecular weight is 287 g/mol. The van der Waals surface area contributed by atoms with E-state index in [1.165, 1.54) is 38.5 Å². The summed E-state index contributed by atoms with van der Waals surface area (Å²) in [6.07, 6.45) is 7.74. The van der Waals surface area contributed by atoms with E-state index < -0.39 is 0 Å². The van der Waals surface area contributed by atoms with E-state index in [1.807, 2.05) is 0 Å². The molecule has 0 aromatic carbocycles. The summed E-state index contributed by atoms with van der Waals surface area (Å²) in [6.45, 7) is 1.74. The van der Waals surface area contributed by atoms with Gasteiger partial charge in [0.2, 0.25) is 5.91 Å². The molecule has 0 aliphatic heterocycles. The molecule has 0 spiro atoms. The Hall–Kier alpha value is -0.280. The van der Waals surface area contributed by atoms with Crippen molar-refractivity contribution in [2.75, 3.05) is 27.2 Å². The minimum Gasteiger partial charge on any atom is -0.354 e. The van der Waals surface area contributed by atoms with Gasteiger partial charge in [0.15, 0.2) is 0 Å². The first-order valence-electron chi connectivity index (χ1n) is 7.50. The van der Waals surface area contributed by atoms with Crippen molar-refractivity contribution in [1.29, 1.82) is 0 Å².